The molecule has 0 unspecified atom stereocenters. The van der Waals surface area contributed by atoms with Gasteiger partial charge >= 0.3 is 0 Å². The summed E-state index contributed by atoms with van der Waals surface area (Å²) in [6.07, 6.45) is 5.08. The number of hydrogen-bond donors (Lipinski definition) is 2. The molecular formula is C14H21NO. The van der Waals surface area contributed by atoms with E-state index in [-0.39, 0.29) is 6.04 Å². The normalized spacial score (nSPS) is 21.7. The second-order valence-electron chi connectivity index (χ2n) is 5.00. The first-order valence-corrected chi connectivity index (χ1v) is 6.17. The van der Waals surface area contributed by atoms with Crippen LogP contribution in [0.5, 0.6) is 0 Å². The maximum Gasteiger partial charge on any atom is 0.0839 e. The van der Waals surface area contributed by atoms with Gasteiger partial charge in [0.1, 0.15) is 0 Å². The second kappa shape index (κ2) is 4.56. The summed E-state index contributed by atoms with van der Waals surface area (Å²) >= 11 is 0. The van der Waals surface area contributed by atoms with Crippen molar-refractivity contribution < 1.29 is 5.11 Å². The number of hydrogen-bond acceptors (Lipinski definition) is 2. The van der Waals surface area contributed by atoms with E-state index in [0.717, 1.165) is 31.2 Å². The van der Waals surface area contributed by atoms with Crippen LogP contribution in [-0.4, -0.2) is 10.7 Å². The fraction of sp³-hybridized carbons (Fsp3) is 0.571. The van der Waals surface area contributed by atoms with Gasteiger partial charge in [-0.3, -0.25) is 0 Å². The van der Waals surface area contributed by atoms with Gasteiger partial charge in [0.05, 0.1) is 11.6 Å². The third-order valence-electron chi connectivity index (χ3n) is 3.82. The third-order valence-corrected chi connectivity index (χ3v) is 3.82. The summed E-state index contributed by atoms with van der Waals surface area (Å²) in [6, 6.07) is 7.85. The number of nitrogens with two attached hydrogens (primary N) is 1. The monoisotopic (exact) mass is 219 g/mol. The molecule has 0 heterocycles. The van der Waals surface area contributed by atoms with E-state index in [9.17, 15) is 5.11 Å². The third kappa shape index (κ3) is 2.13. The average molecular weight is 219 g/mol. The van der Waals surface area contributed by atoms with Crippen molar-refractivity contribution in [2.45, 2.75) is 50.7 Å². The summed E-state index contributed by atoms with van der Waals surface area (Å²) in [5.41, 5.74) is 7.83. The predicted octanol–water partition coefficient (Wildman–Crippen LogP) is 2.69. The molecule has 0 amide bonds. The van der Waals surface area contributed by atoms with Gasteiger partial charge in [0.25, 0.3) is 0 Å². The first-order valence-electron chi connectivity index (χ1n) is 6.17. The highest BCUT2D eigenvalue weighted by atomic mass is 16.3. The number of aryl methyl sites for hydroxylation is 1. The van der Waals surface area contributed by atoms with E-state index in [2.05, 4.69) is 13.0 Å². The number of aliphatic hydroxyl groups is 1. The molecule has 2 nitrogen and oxygen atoms in total. The molecule has 1 saturated carbocycles. The van der Waals surface area contributed by atoms with E-state index in [1.165, 1.54) is 12.0 Å². The van der Waals surface area contributed by atoms with Gasteiger partial charge in [-0.1, -0.05) is 43.5 Å². The Morgan fingerprint density at radius 1 is 1.19 bits per heavy atom. The molecule has 16 heavy (non-hydrogen) atoms. The highest BCUT2D eigenvalue weighted by Crippen LogP contribution is 2.37. The van der Waals surface area contributed by atoms with Gasteiger partial charge in [0.2, 0.25) is 0 Å². The van der Waals surface area contributed by atoms with Crippen molar-refractivity contribution in [1.29, 1.82) is 0 Å². The molecule has 0 radical (unpaired) electrons. The van der Waals surface area contributed by atoms with E-state index in [0.29, 0.717) is 0 Å². The summed E-state index contributed by atoms with van der Waals surface area (Å²) in [5, 5.41) is 10.6. The second-order valence-corrected chi connectivity index (χ2v) is 5.00. The van der Waals surface area contributed by atoms with Crippen molar-refractivity contribution in [2.24, 2.45) is 5.73 Å². The van der Waals surface area contributed by atoms with Crippen LogP contribution in [0.2, 0.25) is 0 Å². The summed E-state index contributed by atoms with van der Waals surface area (Å²) in [5.74, 6) is 0. The van der Waals surface area contributed by atoms with Crippen LogP contribution in [0, 0.1) is 6.92 Å². The lowest BCUT2D eigenvalue weighted by atomic mass is 9.76. The minimum Gasteiger partial charge on any atom is -0.388 e. The first-order chi connectivity index (χ1) is 7.63. The first kappa shape index (κ1) is 11.6. The molecule has 1 aromatic carbocycles. The van der Waals surface area contributed by atoms with Crippen molar-refractivity contribution >= 4 is 0 Å². The Morgan fingerprint density at radius 2 is 1.81 bits per heavy atom. The van der Waals surface area contributed by atoms with E-state index < -0.39 is 5.60 Å². The molecule has 88 valence electrons. The molecule has 1 atom stereocenters. The molecule has 1 aromatic rings. The quantitative estimate of drug-likeness (QED) is 0.803. The maximum absolute atomic E-state index is 10.6. The lowest BCUT2D eigenvalue weighted by Crippen LogP contribution is -2.43. The van der Waals surface area contributed by atoms with Crippen LogP contribution in [0.1, 0.15) is 49.3 Å². The Kier molecular flexibility index (Phi) is 3.31. The Labute approximate surface area is 97.5 Å². The van der Waals surface area contributed by atoms with Gasteiger partial charge in [0.15, 0.2) is 0 Å². The average Bonchev–Trinajstić information content (AvgIpc) is 2.30. The molecule has 1 fully saturated rings. The van der Waals surface area contributed by atoms with Crippen molar-refractivity contribution in [1.82, 2.24) is 0 Å². The van der Waals surface area contributed by atoms with Crippen LogP contribution < -0.4 is 5.73 Å². The van der Waals surface area contributed by atoms with Gasteiger partial charge < -0.3 is 10.8 Å². The summed E-state index contributed by atoms with van der Waals surface area (Å²) in [7, 11) is 0. The van der Waals surface area contributed by atoms with Crippen molar-refractivity contribution in [2.75, 3.05) is 0 Å². The molecule has 0 aromatic heterocycles. The van der Waals surface area contributed by atoms with E-state index in [4.69, 9.17) is 5.73 Å². The van der Waals surface area contributed by atoms with Crippen LogP contribution in [0.4, 0.5) is 0 Å². The number of benzene rings is 1. The minimum atomic E-state index is -0.690. The SMILES string of the molecule is Cc1ccccc1[C@@H](N)C1(O)CCCCC1. The molecule has 0 saturated heterocycles. The zero-order chi connectivity index (χ0) is 11.6. The largest absolute Gasteiger partial charge is 0.388 e. The Bertz CT molecular complexity index is 356. The lowest BCUT2D eigenvalue weighted by molar-refractivity contribution is -0.0204. The van der Waals surface area contributed by atoms with Crippen LogP contribution >= 0.6 is 0 Å². The smallest absolute Gasteiger partial charge is 0.0839 e. The van der Waals surface area contributed by atoms with Crippen LogP contribution in [-0.2, 0) is 0 Å². The Morgan fingerprint density at radius 3 is 2.44 bits per heavy atom. The highest BCUT2D eigenvalue weighted by molar-refractivity contribution is 5.30. The number of rotatable bonds is 2. The van der Waals surface area contributed by atoms with Gasteiger partial charge in [-0.25, -0.2) is 0 Å². The molecule has 1 aliphatic rings. The van der Waals surface area contributed by atoms with Gasteiger partial charge in [0, 0.05) is 0 Å². The van der Waals surface area contributed by atoms with E-state index in [1.54, 1.807) is 0 Å². The summed E-state index contributed by atoms with van der Waals surface area (Å²) in [4.78, 5) is 0. The topological polar surface area (TPSA) is 46.2 Å². The fourth-order valence-electron chi connectivity index (χ4n) is 2.70. The maximum atomic E-state index is 10.6. The molecule has 3 N–H and O–H groups in total. The van der Waals surface area contributed by atoms with Crippen LogP contribution in [0.3, 0.4) is 0 Å². The zero-order valence-electron chi connectivity index (χ0n) is 9.95. The van der Waals surface area contributed by atoms with Crippen molar-refractivity contribution in [3.8, 4) is 0 Å². The van der Waals surface area contributed by atoms with Crippen LogP contribution in [0.15, 0.2) is 24.3 Å². The van der Waals surface area contributed by atoms with Crippen molar-refractivity contribution in [3.05, 3.63) is 35.4 Å². The lowest BCUT2D eigenvalue weighted by Gasteiger charge is -2.38. The molecule has 0 aliphatic heterocycles. The Hall–Kier alpha value is -0.860. The molecule has 2 heteroatoms. The Balaban J connectivity index is 2.24. The fourth-order valence-corrected chi connectivity index (χ4v) is 2.70. The predicted molar refractivity (Wildman–Crippen MR) is 66.1 cm³/mol. The minimum absolute atomic E-state index is 0.242. The summed E-state index contributed by atoms with van der Waals surface area (Å²) in [6.45, 7) is 2.06. The molecule has 0 bridgehead atoms. The molecule has 0 spiro atoms. The standard InChI is InChI=1S/C14H21NO/c1-11-7-3-4-8-12(11)13(15)14(16)9-5-2-6-10-14/h3-4,7-8,13,16H,2,5-6,9-10,15H2,1H3/t13-/m1/s1. The van der Waals surface area contributed by atoms with Crippen LogP contribution in [0.25, 0.3) is 0 Å². The van der Waals surface area contributed by atoms with Gasteiger partial charge in [-0.2, -0.15) is 0 Å². The van der Waals surface area contributed by atoms with E-state index in [1.807, 2.05) is 18.2 Å². The van der Waals surface area contributed by atoms with Crippen molar-refractivity contribution in [3.63, 3.8) is 0 Å². The van der Waals surface area contributed by atoms with Gasteiger partial charge in [-0.15, -0.1) is 0 Å². The molecule has 2 rings (SSSR count). The van der Waals surface area contributed by atoms with Gasteiger partial charge in [-0.05, 0) is 30.9 Å². The highest BCUT2D eigenvalue weighted by Gasteiger charge is 2.36. The zero-order valence-corrected chi connectivity index (χ0v) is 9.95. The van der Waals surface area contributed by atoms with E-state index >= 15 is 0 Å². The molecule has 1 aliphatic carbocycles. The summed E-state index contributed by atoms with van der Waals surface area (Å²) < 4.78 is 0. The molecular weight excluding hydrogens is 198 g/mol.